The van der Waals surface area contributed by atoms with Crippen LogP contribution in [0.2, 0.25) is 0 Å². The monoisotopic (exact) mass is 1100 g/mol. The molecule has 0 unspecified atom stereocenters. The molecule has 2 aliphatic heterocycles. The van der Waals surface area contributed by atoms with Crippen molar-refractivity contribution in [2.24, 2.45) is 7.05 Å². The standard InChI is InChI=1S/C60H68F3N11O6/c1-64-57(77)44-22-23-49(51(35-44)80-3)65-29-10-13-46-36-47-48(14-9-15-50(47)74(46)39-60(61,62)63)68-45-25-31-71(32-26-45)30-8-7-16-52(75)66-37-42-17-20-43(21-18-42)56-54-55(69-70(56)2)58(78)73(40-67-54)38-59(79)27-33-72(34-28-59)53(76)24-19-41-11-5-4-6-12-41/h4-6,9,11-12,14-15,17-18,20-23,35-36,40,45,65,68,79H,7-8,16,19,24-34,37-39H2,1-3H3,(H,64,77)(H,66,75). The highest BCUT2D eigenvalue weighted by molar-refractivity contribution is 5.95. The van der Waals surface area contributed by atoms with Gasteiger partial charge in [0.15, 0.2) is 5.52 Å². The number of carbonyl (C=O) groups excluding carboxylic acids is 3. The number of piperidine rings is 2. The third kappa shape index (κ3) is 14.0. The van der Waals surface area contributed by atoms with Gasteiger partial charge in [0.2, 0.25) is 11.8 Å². The first-order valence-electron chi connectivity index (χ1n) is 27.2. The van der Waals surface area contributed by atoms with Crippen LogP contribution < -0.4 is 31.6 Å². The summed E-state index contributed by atoms with van der Waals surface area (Å²) in [5.41, 5.74) is 5.07. The van der Waals surface area contributed by atoms with Crippen LogP contribution in [0.1, 0.15) is 78.5 Å². The second kappa shape index (κ2) is 25.3. The van der Waals surface area contributed by atoms with Crippen molar-refractivity contribution in [3.63, 3.8) is 0 Å². The van der Waals surface area contributed by atoms with Crippen LogP contribution in [0.25, 0.3) is 33.2 Å². The number of nitrogens with one attached hydrogen (secondary N) is 4. The number of carbonyl (C=O) groups is 3. The number of rotatable bonds is 20. The summed E-state index contributed by atoms with van der Waals surface area (Å²) in [5.74, 6) is 6.09. The Balaban J connectivity index is 0.704. The summed E-state index contributed by atoms with van der Waals surface area (Å²) in [7, 11) is 4.78. The van der Waals surface area contributed by atoms with E-state index in [2.05, 4.69) is 48.1 Å². The number of aliphatic hydroxyl groups is 1. The highest BCUT2D eigenvalue weighted by atomic mass is 19.4. The lowest BCUT2D eigenvalue weighted by atomic mass is 9.91. The normalized spacial score (nSPS) is 14.9. The van der Waals surface area contributed by atoms with Crippen LogP contribution in [-0.4, -0.2) is 128 Å². The SMILES string of the molecule is CNC(=O)c1ccc(NCC#Cc2cc3c(NC4CCN(CCCCC(=O)NCc5ccc(-c6c7ncn(CC8(O)CCN(C(=O)CCc9ccccc9)CC8)c(=O)c7nn6C)cc5)CC4)cccc3n2CC(F)(F)F)c(OC)c1. The van der Waals surface area contributed by atoms with E-state index in [1.165, 1.54) is 29.6 Å². The van der Waals surface area contributed by atoms with E-state index in [1.807, 2.05) is 60.7 Å². The number of likely N-dealkylation sites (tertiary alicyclic amines) is 2. The number of unbranched alkanes of at least 4 members (excludes halogenated alkanes) is 1. The number of anilines is 2. The minimum atomic E-state index is -4.46. The molecule has 0 aliphatic carbocycles. The Morgan fingerprint density at radius 2 is 1.64 bits per heavy atom. The first-order chi connectivity index (χ1) is 38.6. The van der Waals surface area contributed by atoms with Crippen LogP contribution in [-0.2, 0) is 42.7 Å². The van der Waals surface area contributed by atoms with E-state index in [4.69, 9.17) is 4.74 Å². The number of fused-ring (bicyclic) bond motifs is 2. The molecule has 2 fully saturated rings. The fourth-order valence-electron chi connectivity index (χ4n) is 10.7. The zero-order valence-electron chi connectivity index (χ0n) is 45.4. The fourth-order valence-corrected chi connectivity index (χ4v) is 10.7. The largest absolute Gasteiger partial charge is 0.495 e. The van der Waals surface area contributed by atoms with E-state index >= 15 is 0 Å². The number of hydrogen-bond acceptors (Lipinski definition) is 11. The average Bonchev–Trinajstić information content (AvgIpc) is 3.99. The molecule has 20 heteroatoms. The highest BCUT2D eigenvalue weighted by Gasteiger charge is 2.35. The summed E-state index contributed by atoms with van der Waals surface area (Å²) in [5, 5.41) is 29.0. The van der Waals surface area contributed by atoms with Crippen molar-refractivity contribution in [1.82, 2.24) is 44.3 Å². The first-order valence-corrected chi connectivity index (χ1v) is 27.2. The van der Waals surface area contributed by atoms with E-state index in [0.717, 1.165) is 67.7 Å². The number of aryl methyl sites for hydroxylation is 2. The summed E-state index contributed by atoms with van der Waals surface area (Å²) in [6, 6.07) is 29.7. The predicted molar refractivity (Wildman–Crippen MR) is 302 cm³/mol. The quantitative estimate of drug-likeness (QED) is 0.0375. The van der Waals surface area contributed by atoms with E-state index in [-0.39, 0.29) is 53.6 Å². The van der Waals surface area contributed by atoms with E-state index < -0.39 is 18.3 Å². The molecule has 2 saturated heterocycles. The van der Waals surface area contributed by atoms with Gasteiger partial charge in [0, 0.05) is 87.9 Å². The Kier molecular flexibility index (Phi) is 17.9. The molecule has 0 spiro atoms. The maximum atomic E-state index is 13.9. The number of halogens is 3. The number of alkyl halides is 3. The van der Waals surface area contributed by atoms with Gasteiger partial charge in [0.05, 0.1) is 54.7 Å². The van der Waals surface area contributed by atoms with E-state index in [1.54, 1.807) is 53.0 Å². The number of nitrogens with zero attached hydrogens (tertiary/aromatic N) is 7. The summed E-state index contributed by atoms with van der Waals surface area (Å²) < 4.78 is 51.4. The van der Waals surface area contributed by atoms with Crippen molar-refractivity contribution >= 4 is 51.0 Å². The van der Waals surface area contributed by atoms with Crippen LogP contribution in [0, 0.1) is 11.8 Å². The summed E-state index contributed by atoms with van der Waals surface area (Å²) in [4.78, 5) is 60.4. The lowest BCUT2D eigenvalue weighted by molar-refractivity contribution is -0.140. The third-order valence-corrected chi connectivity index (χ3v) is 15.1. The van der Waals surface area contributed by atoms with Gasteiger partial charge in [-0.25, -0.2) is 4.98 Å². The molecule has 3 amide bonds. The summed E-state index contributed by atoms with van der Waals surface area (Å²) in [6.07, 6.45) is 2.45. The molecule has 5 N–H and O–H groups in total. The molecule has 0 radical (unpaired) electrons. The molecule has 4 aromatic carbocycles. The lowest BCUT2D eigenvalue weighted by Crippen LogP contribution is -2.49. The smallest absolute Gasteiger partial charge is 0.406 e. The zero-order valence-corrected chi connectivity index (χ0v) is 45.4. The minimum Gasteiger partial charge on any atom is -0.495 e. The molecule has 5 heterocycles. The highest BCUT2D eigenvalue weighted by Crippen LogP contribution is 2.33. The van der Waals surface area contributed by atoms with Gasteiger partial charge in [-0.3, -0.25) is 28.4 Å². The Hall–Kier alpha value is -8.15. The van der Waals surface area contributed by atoms with Gasteiger partial charge in [-0.1, -0.05) is 66.6 Å². The number of ether oxygens (including phenoxy) is 1. The predicted octanol–water partition coefficient (Wildman–Crippen LogP) is 7.50. The second-order valence-electron chi connectivity index (χ2n) is 20.7. The number of hydrogen-bond donors (Lipinski definition) is 5. The van der Waals surface area contributed by atoms with Crippen molar-refractivity contribution in [2.45, 2.75) is 95.2 Å². The second-order valence-corrected chi connectivity index (χ2v) is 20.7. The molecule has 0 bridgehead atoms. The Bertz CT molecular complexity index is 3440. The maximum absolute atomic E-state index is 13.9. The maximum Gasteiger partial charge on any atom is 0.406 e. The number of benzene rings is 4. The van der Waals surface area contributed by atoms with Gasteiger partial charge in [-0.05, 0) is 105 Å². The van der Waals surface area contributed by atoms with Crippen LogP contribution in [0.15, 0.2) is 108 Å². The average molecular weight is 1100 g/mol. The lowest BCUT2D eigenvalue weighted by Gasteiger charge is -2.38. The van der Waals surface area contributed by atoms with Crippen LogP contribution in [0.5, 0.6) is 5.75 Å². The van der Waals surface area contributed by atoms with Crippen LogP contribution >= 0.6 is 0 Å². The van der Waals surface area contributed by atoms with Crippen molar-refractivity contribution < 1.29 is 37.4 Å². The number of methoxy groups -OCH3 is 1. The fraction of sp³-hybridized carbons (Fsp3) is 0.400. The minimum absolute atomic E-state index is 0.0341. The summed E-state index contributed by atoms with van der Waals surface area (Å²) >= 11 is 0. The number of aromatic nitrogens is 5. The van der Waals surface area contributed by atoms with E-state index in [0.29, 0.717) is 90.9 Å². The topological polar surface area (TPSA) is 193 Å². The Morgan fingerprint density at radius 3 is 2.36 bits per heavy atom. The van der Waals surface area contributed by atoms with Gasteiger partial charge in [0.25, 0.3) is 11.5 Å². The molecule has 2 aliphatic rings. The molecule has 0 atom stereocenters. The number of amides is 3. The molecular weight excluding hydrogens is 1030 g/mol. The Labute approximate surface area is 462 Å². The van der Waals surface area contributed by atoms with Crippen molar-refractivity contribution in [2.75, 3.05) is 64.1 Å². The van der Waals surface area contributed by atoms with Gasteiger partial charge in [0.1, 0.15) is 17.8 Å². The summed E-state index contributed by atoms with van der Waals surface area (Å²) in [6.45, 7) is 2.72. The van der Waals surface area contributed by atoms with Gasteiger partial charge < -0.3 is 45.5 Å². The van der Waals surface area contributed by atoms with Crippen LogP contribution in [0.3, 0.4) is 0 Å². The van der Waals surface area contributed by atoms with E-state index in [9.17, 15) is 37.5 Å². The zero-order chi connectivity index (χ0) is 56.4. The van der Waals surface area contributed by atoms with Crippen molar-refractivity contribution in [1.29, 1.82) is 0 Å². The first kappa shape index (κ1) is 56.6. The van der Waals surface area contributed by atoms with Crippen molar-refractivity contribution in [3.8, 4) is 28.8 Å². The molecule has 9 rings (SSSR count). The van der Waals surface area contributed by atoms with Crippen LogP contribution in [0.4, 0.5) is 24.5 Å². The third-order valence-electron chi connectivity index (χ3n) is 15.1. The molecular formula is C60H68F3N11O6. The molecule has 7 aromatic rings. The Morgan fingerprint density at radius 1 is 0.875 bits per heavy atom. The van der Waals surface area contributed by atoms with Gasteiger partial charge >= 0.3 is 6.18 Å². The molecule has 17 nitrogen and oxygen atoms in total. The van der Waals surface area contributed by atoms with Gasteiger partial charge in [-0.15, -0.1) is 0 Å². The van der Waals surface area contributed by atoms with Gasteiger partial charge in [-0.2, -0.15) is 18.3 Å². The molecule has 3 aromatic heterocycles. The van der Waals surface area contributed by atoms with Crippen molar-refractivity contribution in [3.05, 3.63) is 136 Å². The molecule has 80 heavy (non-hydrogen) atoms. The molecule has 0 saturated carbocycles. The molecule has 420 valence electrons.